The minimum atomic E-state index is 0.152. The molecule has 0 aliphatic rings. The van der Waals surface area contributed by atoms with Crippen LogP contribution in [0.4, 0.5) is 0 Å². The van der Waals surface area contributed by atoms with Crippen molar-refractivity contribution in [1.82, 2.24) is 5.32 Å². The standard InChI is InChI=1S/C21H26N2O2/c1-15(2)14-25-20-9-8-19(11-21(20)24-4)16(3)23-13-18-7-5-6-17(10-18)12-22/h5-11,15-16,23H,13-14H2,1-4H3. The largest absolute Gasteiger partial charge is 0.493 e. The maximum absolute atomic E-state index is 8.98. The van der Waals surface area contributed by atoms with Gasteiger partial charge in [0.25, 0.3) is 0 Å². The van der Waals surface area contributed by atoms with Crippen LogP contribution in [-0.4, -0.2) is 13.7 Å². The normalized spacial score (nSPS) is 11.8. The van der Waals surface area contributed by atoms with Crippen LogP contribution in [0.3, 0.4) is 0 Å². The Labute approximate surface area is 150 Å². The van der Waals surface area contributed by atoms with Crippen LogP contribution in [0.2, 0.25) is 0 Å². The molecular weight excluding hydrogens is 312 g/mol. The summed E-state index contributed by atoms with van der Waals surface area (Å²) >= 11 is 0. The Hall–Kier alpha value is -2.51. The quantitative estimate of drug-likeness (QED) is 0.772. The van der Waals surface area contributed by atoms with Crippen molar-refractivity contribution in [3.8, 4) is 17.6 Å². The predicted octanol–water partition coefficient (Wildman–Crippen LogP) is 4.45. The minimum absolute atomic E-state index is 0.152. The van der Waals surface area contributed by atoms with Crippen molar-refractivity contribution >= 4 is 0 Å². The zero-order valence-corrected chi connectivity index (χ0v) is 15.4. The average molecular weight is 338 g/mol. The predicted molar refractivity (Wildman–Crippen MR) is 99.7 cm³/mol. The van der Waals surface area contributed by atoms with Gasteiger partial charge in [-0.05, 0) is 48.2 Å². The first-order valence-corrected chi connectivity index (χ1v) is 8.56. The van der Waals surface area contributed by atoms with Gasteiger partial charge in [-0.25, -0.2) is 0 Å². The van der Waals surface area contributed by atoms with Gasteiger partial charge in [-0.2, -0.15) is 5.26 Å². The summed E-state index contributed by atoms with van der Waals surface area (Å²) in [5, 5.41) is 12.5. The van der Waals surface area contributed by atoms with Crippen LogP contribution < -0.4 is 14.8 Å². The second-order valence-electron chi connectivity index (χ2n) is 6.53. The van der Waals surface area contributed by atoms with E-state index in [-0.39, 0.29) is 6.04 Å². The molecule has 0 aliphatic carbocycles. The Kier molecular flexibility index (Phi) is 6.85. The fourth-order valence-electron chi connectivity index (χ4n) is 2.47. The third kappa shape index (κ3) is 5.51. The second-order valence-corrected chi connectivity index (χ2v) is 6.53. The molecule has 25 heavy (non-hydrogen) atoms. The van der Waals surface area contributed by atoms with E-state index in [1.807, 2.05) is 36.4 Å². The Bertz CT molecular complexity index is 735. The van der Waals surface area contributed by atoms with Crippen LogP contribution in [0.25, 0.3) is 0 Å². The van der Waals surface area contributed by atoms with Crippen molar-refractivity contribution in [3.05, 3.63) is 59.2 Å². The van der Waals surface area contributed by atoms with Gasteiger partial charge in [0.05, 0.1) is 25.3 Å². The summed E-state index contributed by atoms with van der Waals surface area (Å²) in [4.78, 5) is 0. The molecule has 0 amide bonds. The molecule has 0 heterocycles. The van der Waals surface area contributed by atoms with Crippen molar-refractivity contribution < 1.29 is 9.47 Å². The molecular formula is C21H26N2O2. The zero-order chi connectivity index (χ0) is 18.2. The molecule has 1 unspecified atom stereocenters. The molecule has 4 heteroatoms. The lowest BCUT2D eigenvalue weighted by Gasteiger charge is -2.18. The van der Waals surface area contributed by atoms with Crippen LogP contribution in [0, 0.1) is 17.2 Å². The smallest absolute Gasteiger partial charge is 0.161 e. The van der Waals surface area contributed by atoms with Crippen LogP contribution in [-0.2, 0) is 6.54 Å². The number of rotatable bonds is 8. The SMILES string of the molecule is COc1cc(C(C)NCc2cccc(C#N)c2)ccc1OCC(C)C. The molecule has 132 valence electrons. The van der Waals surface area contributed by atoms with Gasteiger partial charge in [0, 0.05) is 12.6 Å². The number of nitriles is 1. The Morgan fingerprint density at radius 3 is 2.56 bits per heavy atom. The first-order valence-electron chi connectivity index (χ1n) is 8.56. The number of benzene rings is 2. The molecule has 1 atom stereocenters. The fourth-order valence-corrected chi connectivity index (χ4v) is 2.47. The van der Waals surface area contributed by atoms with Crippen LogP contribution >= 0.6 is 0 Å². The number of nitrogens with one attached hydrogen (secondary N) is 1. The molecule has 0 spiro atoms. The third-order valence-electron chi connectivity index (χ3n) is 3.93. The van der Waals surface area contributed by atoms with Gasteiger partial charge in [-0.3, -0.25) is 0 Å². The summed E-state index contributed by atoms with van der Waals surface area (Å²) < 4.78 is 11.3. The van der Waals surface area contributed by atoms with Gasteiger partial charge < -0.3 is 14.8 Å². The van der Waals surface area contributed by atoms with E-state index in [1.165, 1.54) is 0 Å². The van der Waals surface area contributed by atoms with E-state index in [4.69, 9.17) is 14.7 Å². The third-order valence-corrected chi connectivity index (χ3v) is 3.93. The highest BCUT2D eigenvalue weighted by atomic mass is 16.5. The lowest BCUT2D eigenvalue weighted by molar-refractivity contribution is 0.256. The van der Waals surface area contributed by atoms with E-state index in [0.717, 1.165) is 22.6 Å². The Morgan fingerprint density at radius 1 is 1.08 bits per heavy atom. The summed E-state index contributed by atoms with van der Waals surface area (Å²) in [6.07, 6.45) is 0. The van der Waals surface area contributed by atoms with Gasteiger partial charge in [0.1, 0.15) is 0 Å². The van der Waals surface area contributed by atoms with Crippen molar-refractivity contribution in [1.29, 1.82) is 5.26 Å². The van der Waals surface area contributed by atoms with Gasteiger partial charge >= 0.3 is 0 Å². The van der Waals surface area contributed by atoms with E-state index in [0.29, 0.717) is 24.6 Å². The molecule has 0 saturated carbocycles. The van der Waals surface area contributed by atoms with Crippen molar-refractivity contribution in [2.24, 2.45) is 5.92 Å². The molecule has 1 N–H and O–H groups in total. The highest BCUT2D eigenvalue weighted by molar-refractivity contribution is 5.44. The molecule has 2 aromatic rings. The molecule has 0 radical (unpaired) electrons. The highest BCUT2D eigenvalue weighted by Crippen LogP contribution is 2.30. The number of ether oxygens (including phenoxy) is 2. The summed E-state index contributed by atoms with van der Waals surface area (Å²) in [5.74, 6) is 1.99. The molecule has 2 aromatic carbocycles. The average Bonchev–Trinajstić information content (AvgIpc) is 2.64. The number of nitrogens with zero attached hydrogens (tertiary/aromatic N) is 1. The van der Waals surface area contributed by atoms with Crippen LogP contribution in [0.1, 0.15) is 43.5 Å². The fraction of sp³-hybridized carbons (Fsp3) is 0.381. The second kappa shape index (κ2) is 9.10. The topological polar surface area (TPSA) is 54.3 Å². The monoisotopic (exact) mass is 338 g/mol. The first kappa shape index (κ1) is 18.8. The van der Waals surface area contributed by atoms with Crippen LogP contribution in [0.15, 0.2) is 42.5 Å². The number of methoxy groups -OCH3 is 1. The number of hydrogen-bond donors (Lipinski definition) is 1. The van der Waals surface area contributed by atoms with E-state index >= 15 is 0 Å². The van der Waals surface area contributed by atoms with Crippen LogP contribution in [0.5, 0.6) is 11.5 Å². The first-order chi connectivity index (χ1) is 12.0. The molecule has 0 aliphatic heterocycles. The van der Waals surface area contributed by atoms with Gasteiger partial charge in [0.15, 0.2) is 11.5 Å². The van der Waals surface area contributed by atoms with E-state index in [9.17, 15) is 0 Å². The van der Waals surface area contributed by atoms with Gasteiger partial charge in [-0.1, -0.05) is 32.0 Å². The minimum Gasteiger partial charge on any atom is -0.493 e. The van der Waals surface area contributed by atoms with E-state index in [2.05, 4.69) is 38.2 Å². The molecule has 0 saturated heterocycles. The maximum Gasteiger partial charge on any atom is 0.161 e. The van der Waals surface area contributed by atoms with Gasteiger partial charge in [-0.15, -0.1) is 0 Å². The maximum atomic E-state index is 8.98. The molecule has 4 nitrogen and oxygen atoms in total. The molecule has 0 bridgehead atoms. The lowest BCUT2D eigenvalue weighted by atomic mass is 10.1. The molecule has 2 rings (SSSR count). The summed E-state index contributed by atoms with van der Waals surface area (Å²) in [5.41, 5.74) is 2.90. The summed E-state index contributed by atoms with van der Waals surface area (Å²) in [6.45, 7) is 7.71. The molecule has 0 aromatic heterocycles. The zero-order valence-electron chi connectivity index (χ0n) is 15.4. The van der Waals surface area contributed by atoms with Gasteiger partial charge in [0.2, 0.25) is 0 Å². The summed E-state index contributed by atoms with van der Waals surface area (Å²) in [7, 11) is 1.66. The van der Waals surface area contributed by atoms with Crippen molar-refractivity contribution in [2.75, 3.05) is 13.7 Å². The Morgan fingerprint density at radius 2 is 1.88 bits per heavy atom. The molecule has 0 fully saturated rings. The highest BCUT2D eigenvalue weighted by Gasteiger charge is 2.11. The lowest BCUT2D eigenvalue weighted by Crippen LogP contribution is -2.18. The number of hydrogen-bond acceptors (Lipinski definition) is 4. The van der Waals surface area contributed by atoms with Crippen molar-refractivity contribution in [2.45, 2.75) is 33.4 Å². The van der Waals surface area contributed by atoms with E-state index < -0.39 is 0 Å². The van der Waals surface area contributed by atoms with Crippen molar-refractivity contribution in [3.63, 3.8) is 0 Å². The van der Waals surface area contributed by atoms with E-state index in [1.54, 1.807) is 7.11 Å². The summed E-state index contributed by atoms with van der Waals surface area (Å²) in [6, 6.07) is 16.0. The Balaban J connectivity index is 2.03.